The van der Waals surface area contributed by atoms with Crippen LogP contribution in [0.4, 0.5) is 0 Å². The normalized spacial score (nSPS) is 16.3. The zero-order valence-corrected chi connectivity index (χ0v) is 36.1. The molecule has 11 rings (SSSR count). The van der Waals surface area contributed by atoms with Crippen molar-refractivity contribution in [3.63, 3.8) is 0 Å². The maximum atomic E-state index is 6.11. The van der Waals surface area contributed by atoms with Crippen LogP contribution in [0.2, 0.25) is 0 Å². The van der Waals surface area contributed by atoms with Crippen LogP contribution in [0.25, 0.3) is 63.9 Å². The van der Waals surface area contributed by atoms with Crippen molar-refractivity contribution in [2.75, 3.05) is 6.61 Å². The van der Waals surface area contributed by atoms with Gasteiger partial charge >= 0.3 is 0 Å². The molecule has 7 aromatic carbocycles. The summed E-state index contributed by atoms with van der Waals surface area (Å²) in [4.78, 5) is 1.37. The quantitative estimate of drug-likeness (QED) is 0.139. The van der Waals surface area contributed by atoms with E-state index in [1.165, 1.54) is 96.1 Å². The molecule has 3 heterocycles. The molecular weight excluding hydrogens is 862 g/mol. The first-order valence-electron chi connectivity index (χ1n) is 20.9. The molecule has 2 aromatic heterocycles. The van der Waals surface area contributed by atoms with E-state index in [0.29, 0.717) is 12.5 Å². The Bertz CT molecular complexity index is 3180. The fourth-order valence-corrected chi connectivity index (χ4v) is 11.6. The first-order valence-corrected chi connectivity index (χ1v) is 22.8. The second kappa shape index (κ2) is 15.9. The number of allylic oxidation sites excluding steroid dienone is 3. The first kappa shape index (κ1) is 37.1. The molecule has 60 heavy (non-hydrogen) atoms. The van der Waals surface area contributed by atoms with Gasteiger partial charge in [-0.25, -0.2) is 0 Å². The lowest BCUT2D eigenvalue weighted by molar-refractivity contribution is 0.360. The molecule has 0 spiro atoms. The third-order valence-electron chi connectivity index (χ3n) is 12.4. The van der Waals surface area contributed by atoms with Crippen LogP contribution in [-0.2, 0) is 19.3 Å². The van der Waals surface area contributed by atoms with Gasteiger partial charge in [-0.2, -0.15) is 0 Å². The Labute approximate surface area is 368 Å². The molecule has 0 saturated heterocycles. The number of nitrogens with zero attached hydrogens (tertiary/aromatic N) is 1. The molecule has 0 fully saturated rings. The number of aryl methyl sites for hydroxylation is 1. The van der Waals surface area contributed by atoms with E-state index in [4.69, 9.17) is 4.74 Å². The molecule has 1 aliphatic heterocycles. The van der Waals surface area contributed by atoms with Gasteiger partial charge in [0.1, 0.15) is 12.4 Å². The summed E-state index contributed by atoms with van der Waals surface area (Å²) in [5.74, 6) is 1.33. The Morgan fingerprint density at radius 2 is 1.45 bits per heavy atom. The topological polar surface area (TPSA) is 14.2 Å². The highest BCUT2D eigenvalue weighted by Crippen LogP contribution is 2.49. The average molecular weight is 904 g/mol. The van der Waals surface area contributed by atoms with Crippen LogP contribution in [0.3, 0.4) is 0 Å². The van der Waals surface area contributed by atoms with Crippen LogP contribution >= 0.6 is 33.9 Å². The second-order valence-corrected chi connectivity index (χ2v) is 18.1. The highest BCUT2D eigenvalue weighted by Gasteiger charge is 2.29. The van der Waals surface area contributed by atoms with E-state index in [-0.39, 0.29) is 0 Å². The second-order valence-electron chi connectivity index (χ2n) is 15.9. The summed E-state index contributed by atoms with van der Waals surface area (Å²) in [6, 6.07) is 60.3. The first-order chi connectivity index (χ1) is 29.7. The maximum Gasteiger partial charge on any atom is 0.123 e. The molecule has 0 saturated carbocycles. The molecule has 9 aromatic rings. The number of ether oxygens (including phenoxy) is 1. The number of fused-ring (bicyclic) bond motifs is 8. The van der Waals surface area contributed by atoms with Crippen LogP contribution in [0.5, 0.6) is 5.75 Å². The summed E-state index contributed by atoms with van der Waals surface area (Å²) in [6.45, 7) is 0.565. The van der Waals surface area contributed by atoms with Gasteiger partial charge in [-0.1, -0.05) is 146 Å². The number of aromatic nitrogens is 1. The standard InChI is InChI=1S/C56H42INOS/c57-55(36-49-46-20-8-11-26-53(46)60-54(49)34-38-16-13-33-59-52-25-10-4-17-39(52)29-27-38)58-50-23-9-7-21-47(50)56-41(22-12-24-51(56)58)40-30-32-45-43-19-6-5-18-42(43)44(48(45)35-40)31-28-37-14-2-1-3-15-37/h1-27,30,32,35-36,44H,28-29,31,33-34H2/b16-13-,38-27+,55-36+. The van der Waals surface area contributed by atoms with Crippen molar-refractivity contribution in [3.8, 4) is 28.0 Å². The Balaban J connectivity index is 1.01. The minimum absolute atomic E-state index is 0.359. The van der Waals surface area contributed by atoms with Crippen LogP contribution in [-0.4, -0.2) is 11.2 Å². The van der Waals surface area contributed by atoms with Crippen molar-refractivity contribution >= 4 is 75.6 Å². The van der Waals surface area contributed by atoms with Gasteiger partial charge in [0.2, 0.25) is 0 Å². The lowest BCUT2D eigenvalue weighted by atomic mass is 9.88. The smallest absolute Gasteiger partial charge is 0.123 e. The van der Waals surface area contributed by atoms with Gasteiger partial charge in [-0.3, -0.25) is 0 Å². The van der Waals surface area contributed by atoms with E-state index in [1.54, 1.807) is 0 Å². The Morgan fingerprint density at radius 1 is 0.700 bits per heavy atom. The zero-order valence-electron chi connectivity index (χ0n) is 33.2. The molecule has 1 aliphatic carbocycles. The molecule has 0 radical (unpaired) electrons. The molecule has 0 N–H and O–H groups in total. The van der Waals surface area contributed by atoms with E-state index in [2.05, 4.69) is 215 Å². The van der Waals surface area contributed by atoms with E-state index < -0.39 is 0 Å². The Morgan fingerprint density at radius 3 is 2.38 bits per heavy atom. The summed E-state index contributed by atoms with van der Waals surface area (Å²) < 4.78 is 11.1. The van der Waals surface area contributed by atoms with Crippen molar-refractivity contribution in [1.82, 2.24) is 4.57 Å². The number of thiophene rings is 1. The fourth-order valence-electron chi connectivity index (χ4n) is 9.60. The van der Waals surface area contributed by atoms with E-state index in [0.717, 1.165) is 31.4 Å². The summed E-state index contributed by atoms with van der Waals surface area (Å²) in [7, 11) is 0. The largest absolute Gasteiger partial charge is 0.489 e. The molecule has 2 nitrogen and oxygen atoms in total. The Hall–Kier alpha value is -5.95. The fraction of sp³-hybridized carbons (Fsp3) is 0.107. The van der Waals surface area contributed by atoms with Crippen molar-refractivity contribution in [3.05, 3.63) is 220 Å². The molecule has 4 heteroatoms. The number of halogens is 1. The summed E-state index contributed by atoms with van der Waals surface area (Å²) in [5.41, 5.74) is 15.9. The van der Waals surface area contributed by atoms with Crippen LogP contribution in [0.15, 0.2) is 188 Å². The van der Waals surface area contributed by atoms with Gasteiger partial charge < -0.3 is 9.30 Å². The van der Waals surface area contributed by atoms with Crippen molar-refractivity contribution in [1.29, 1.82) is 0 Å². The molecule has 1 unspecified atom stereocenters. The van der Waals surface area contributed by atoms with Crippen molar-refractivity contribution in [2.45, 2.75) is 31.6 Å². The SMILES string of the molecule is I/C(=C\c1c(CC2=C/Cc3ccccc3OC/C=C\2)sc2ccccc12)n1c2ccccc2c2c(-c3ccc4c(c3)C(CCc3ccccc3)c3ccccc3-4)cccc21. The number of rotatable bonds is 8. The van der Waals surface area contributed by atoms with Gasteiger partial charge in [-0.15, -0.1) is 11.3 Å². The lowest BCUT2D eigenvalue weighted by Crippen LogP contribution is -1.99. The van der Waals surface area contributed by atoms with Crippen molar-refractivity contribution in [2.24, 2.45) is 0 Å². The lowest BCUT2D eigenvalue weighted by Gasteiger charge is -2.15. The zero-order chi connectivity index (χ0) is 40.0. The predicted molar refractivity (Wildman–Crippen MR) is 264 cm³/mol. The summed E-state index contributed by atoms with van der Waals surface area (Å²) in [5, 5.41) is 3.87. The Kier molecular flexibility index (Phi) is 9.83. The predicted octanol–water partition coefficient (Wildman–Crippen LogP) is 15.5. The minimum atomic E-state index is 0.359. The average Bonchev–Trinajstić information content (AvgIpc) is 3.95. The van der Waals surface area contributed by atoms with Gasteiger partial charge in [0.15, 0.2) is 0 Å². The molecule has 2 aliphatic rings. The van der Waals surface area contributed by atoms with Crippen LogP contribution in [0, 0.1) is 0 Å². The van der Waals surface area contributed by atoms with Gasteiger partial charge in [0.05, 0.1) is 14.7 Å². The third kappa shape index (κ3) is 6.72. The van der Waals surface area contributed by atoms with E-state index >= 15 is 0 Å². The van der Waals surface area contributed by atoms with Crippen LogP contribution < -0.4 is 4.74 Å². The number of para-hydroxylation sites is 2. The summed E-state index contributed by atoms with van der Waals surface area (Å²) >= 11 is 4.50. The van der Waals surface area contributed by atoms with Gasteiger partial charge in [-0.05, 0) is 140 Å². The van der Waals surface area contributed by atoms with E-state index in [1.807, 2.05) is 11.3 Å². The molecule has 0 amide bonds. The van der Waals surface area contributed by atoms with Crippen molar-refractivity contribution < 1.29 is 4.74 Å². The van der Waals surface area contributed by atoms with Crippen LogP contribution in [0.1, 0.15) is 45.0 Å². The molecular formula is C56H42INOS. The van der Waals surface area contributed by atoms with Gasteiger partial charge in [0.25, 0.3) is 0 Å². The highest BCUT2D eigenvalue weighted by atomic mass is 127. The number of hydrogen-bond acceptors (Lipinski definition) is 2. The minimum Gasteiger partial charge on any atom is -0.489 e. The number of hydrogen-bond donors (Lipinski definition) is 0. The summed E-state index contributed by atoms with van der Waals surface area (Å²) in [6.07, 6.45) is 13.1. The monoisotopic (exact) mass is 903 g/mol. The third-order valence-corrected chi connectivity index (χ3v) is 14.4. The molecule has 290 valence electrons. The maximum absolute atomic E-state index is 6.11. The van der Waals surface area contributed by atoms with E-state index in [9.17, 15) is 0 Å². The highest BCUT2D eigenvalue weighted by molar-refractivity contribution is 14.1. The van der Waals surface area contributed by atoms with Gasteiger partial charge in [0, 0.05) is 38.1 Å². The number of benzene rings is 7. The molecule has 1 atom stereocenters. The molecule has 0 bridgehead atoms.